The lowest BCUT2D eigenvalue weighted by Crippen LogP contribution is -2.50. The summed E-state index contributed by atoms with van der Waals surface area (Å²) in [4.78, 5) is 37.3. The van der Waals surface area contributed by atoms with Crippen LogP contribution in [0.3, 0.4) is 0 Å². The van der Waals surface area contributed by atoms with Crippen LogP contribution >= 0.6 is 11.8 Å². The molecule has 0 aromatic heterocycles. The third-order valence-corrected chi connectivity index (χ3v) is 5.30. The number of carbonyl (C=O) groups excluding carboxylic acids is 2. The van der Waals surface area contributed by atoms with E-state index in [1.54, 1.807) is 30.3 Å². The standard InChI is InChI=1S/C17H21N3O5S/c1-10(2)14(17(22)25-4)18-15(21)16-19(3)9-13(26-16)11-5-7-12(8-6-11)20(23)24/h5-10,14,16H,1-4H3,(H,18,21). The van der Waals surface area contributed by atoms with Crippen molar-refractivity contribution in [1.82, 2.24) is 10.2 Å². The van der Waals surface area contributed by atoms with Crippen molar-refractivity contribution in [2.24, 2.45) is 5.92 Å². The number of ether oxygens (including phenoxy) is 1. The van der Waals surface area contributed by atoms with Crippen LogP contribution in [-0.4, -0.2) is 47.3 Å². The number of likely N-dealkylation sites (N-methyl/N-ethyl adjacent to an activating group) is 1. The Labute approximate surface area is 155 Å². The largest absolute Gasteiger partial charge is 0.467 e. The lowest BCUT2D eigenvalue weighted by molar-refractivity contribution is -0.384. The highest BCUT2D eigenvalue weighted by Gasteiger charge is 2.34. The first-order valence-corrected chi connectivity index (χ1v) is 8.86. The second kappa shape index (κ2) is 8.22. The molecule has 1 heterocycles. The number of nitrogens with zero attached hydrogens (tertiary/aromatic N) is 2. The molecule has 140 valence electrons. The zero-order valence-corrected chi connectivity index (χ0v) is 15.8. The van der Waals surface area contributed by atoms with Crippen LogP contribution in [0.15, 0.2) is 30.5 Å². The fourth-order valence-corrected chi connectivity index (χ4v) is 3.61. The topological polar surface area (TPSA) is 102 Å². The van der Waals surface area contributed by atoms with Gasteiger partial charge in [0.05, 0.1) is 12.0 Å². The summed E-state index contributed by atoms with van der Waals surface area (Å²) in [5.74, 6) is -0.887. The number of benzene rings is 1. The van der Waals surface area contributed by atoms with Gasteiger partial charge in [0.15, 0.2) is 5.37 Å². The van der Waals surface area contributed by atoms with Gasteiger partial charge in [-0.1, -0.05) is 25.6 Å². The average Bonchev–Trinajstić information content (AvgIpc) is 3.00. The van der Waals surface area contributed by atoms with E-state index < -0.39 is 22.3 Å². The molecule has 1 aromatic carbocycles. The first-order chi connectivity index (χ1) is 12.2. The predicted molar refractivity (Wildman–Crippen MR) is 99.0 cm³/mol. The Bertz CT molecular complexity index is 732. The minimum atomic E-state index is -0.718. The Kier molecular flexibility index (Phi) is 6.25. The van der Waals surface area contributed by atoms with Gasteiger partial charge in [-0.15, -0.1) is 0 Å². The Morgan fingerprint density at radius 3 is 2.42 bits per heavy atom. The molecular formula is C17H21N3O5S. The van der Waals surface area contributed by atoms with Crippen LogP contribution in [0.2, 0.25) is 0 Å². The number of amides is 1. The van der Waals surface area contributed by atoms with Gasteiger partial charge >= 0.3 is 5.97 Å². The summed E-state index contributed by atoms with van der Waals surface area (Å²) in [5, 5.41) is 13.0. The van der Waals surface area contributed by atoms with Crippen LogP contribution < -0.4 is 5.32 Å². The molecule has 0 saturated heterocycles. The van der Waals surface area contributed by atoms with Crippen LogP contribution in [0.25, 0.3) is 4.91 Å². The molecule has 1 aromatic rings. The number of esters is 1. The summed E-state index contributed by atoms with van der Waals surface area (Å²) in [6, 6.07) is 5.43. The van der Waals surface area contributed by atoms with Crippen molar-refractivity contribution in [3.63, 3.8) is 0 Å². The molecule has 1 N–H and O–H groups in total. The molecule has 0 spiro atoms. The average molecular weight is 379 g/mol. The van der Waals surface area contributed by atoms with Crippen molar-refractivity contribution in [3.05, 3.63) is 46.1 Å². The van der Waals surface area contributed by atoms with Crippen LogP contribution in [0.4, 0.5) is 5.69 Å². The van der Waals surface area contributed by atoms with Crippen molar-refractivity contribution in [3.8, 4) is 0 Å². The van der Waals surface area contributed by atoms with E-state index in [2.05, 4.69) is 5.32 Å². The van der Waals surface area contributed by atoms with E-state index in [0.29, 0.717) is 0 Å². The minimum absolute atomic E-state index is 0.0119. The van der Waals surface area contributed by atoms with Gasteiger partial charge in [0.1, 0.15) is 6.04 Å². The summed E-state index contributed by atoms with van der Waals surface area (Å²) < 4.78 is 4.74. The smallest absolute Gasteiger partial charge is 0.328 e. The van der Waals surface area contributed by atoms with Crippen molar-refractivity contribution in [1.29, 1.82) is 0 Å². The van der Waals surface area contributed by atoms with Gasteiger partial charge in [-0.05, 0) is 23.6 Å². The summed E-state index contributed by atoms with van der Waals surface area (Å²) in [6.07, 6.45) is 1.80. The Balaban J connectivity index is 2.08. The summed E-state index contributed by atoms with van der Waals surface area (Å²) in [5.41, 5.74) is 0.800. The number of non-ortho nitro benzene ring substituents is 1. The number of hydrogen-bond donors (Lipinski definition) is 1. The van der Waals surface area contributed by atoms with Crippen molar-refractivity contribution in [2.45, 2.75) is 25.3 Å². The van der Waals surface area contributed by atoms with Gasteiger partial charge in [0, 0.05) is 30.3 Å². The number of nitrogens with one attached hydrogen (secondary N) is 1. The molecule has 1 amide bonds. The fourth-order valence-electron chi connectivity index (χ4n) is 2.46. The summed E-state index contributed by atoms with van der Waals surface area (Å²) in [6.45, 7) is 3.65. The number of carbonyl (C=O) groups is 2. The van der Waals surface area contributed by atoms with Gasteiger partial charge < -0.3 is 15.0 Å². The third-order valence-electron chi connectivity index (χ3n) is 3.94. The molecular weight excluding hydrogens is 358 g/mol. The molecule has 0 saturated carbocycles. The van der Waals surface area contributed by atoms with Crippen LogP contribution in [0, 0.1) is 16.0 Å². The maximum atomic E-state index is 12.6. The van der Waals surface area contributed by atoms with E-state index in [9.17, 15) is 19.7 Å². The molecule has 2 unspecified atom stereocenters. The number of methoxy groups -OCH3 is 1. The molecule has 2 atom stereocenters. The van der Waals surface area contributed by atoms with Crippen LogP contribution in [0.1, 0.15) is 19.4 Å². The molecule has 0 radical (unpaired) electrons. The summed E-state index contributed by atoms with van der Waals surface area (Å²) >= 11 is 1.32. The number of hydrogen-bond acceptors (Lipinski definition) is 7. The molecule has 0 aliphatic carbocycles. The fraction of sp³-hybridized carbons (Fsp3) is 0.412. The van der Waals surface area contributed by atoms with Crippen molar-refractivity contribution in [2.75, 3.05) is 14.2 Å². The highest BCUT2D eigenvalue weighted by atomic mass is 32.2. The third kappa shape index (κ3) is 4.34. The first-order valence-electron chi connectivity index (χ1n) is 7.98. The van der Waals surface area contributed by atoms with Gasteiger partial charge in [-0.2, -0.15) is 0 Å². The molecule has 0 fully saturated rings. The maximum absolute atomic E-state index is 12.6. The lowest BCUT2D eigenvalue weighted by atomic mass is 10.0. The zero-order valence-electron chi connectivity index (χ0n) is 15.0. The zero-order chi connectivity index (χ0) is 19.4. The molecule has 8 nitrogen and oxygen atoms in total. The van der Waals surface area contributed by atoms with Gasteiger partial charge in [0.2, 0.25) is 0 Å². The Morgan fingerprint density at radius 1 is 1.31 bits per heavy atom. The Morgan fingerprint density at radius 2 is 1.92 bits per heavy atom. The molecule has 1 aliphatic heterocycles. The van der Waals surface area contributed by atoms with E-state index in [1.807, 2.05) is 13.8 Å². The highest BCUT2D eigenvalue weighted by molar-refractivity contribution is 8.09. The number of nitro groups is 1. The van der Waals surface area contributed by atoms with E-state index in [1.165, 1.54) is 31.0 Å². The lowest BCUT2D eigenvalue weighted by Gasteiger charge is -2.24. The molecule has 0 bridgehead atoms. The molecule has 9 heteroatoms. The monoisotopic (exact) mass is 379 g/mol. The van der Waals surface area contributed by atoms with E-state index >= 15 is 0 Å². The van der Waals surface area contributed by atoms with Crippen LogP contribution in [-0.2, 0) is 14.3 Å². The number of nitro benzene ring substituents is 1. The maximum Gasteiger partial charge on any atom is 0.328 e. The van der Waals surface area contributed by atoms with E-state index in [-0.39, 0.29) is 17.5 Å². The van der Waals surface area contributed by atoms with E-state index in [0.717, 1.165) is 10.5 Å². The first kappa shape index (κ1) is 19.8. The van der Waals surface area contributed by atoms with Crippen LogP contribution in [0.5, 0.6) is 0 Å². The second-order valence-corrected chi connectivity index (χ2v) is 7.31. The molecule has 2 rings (SSSR count). The minimum Gasteiger partial charge on any atom is -0.467 e. The van der Waals surface area contributed by atoms with Gasteiger partial charge in [-0.25, -0.2) is 4.79 Å². The highest BCUT2D eigenvalue weighted by Crippen LogP contribution is 2.39. The predicted octanol–water partition coefficient (Wildman–Crippen LogP) is 2.21. The number of thioether (sulfide) groups is 1. The quantitative estimate of drug-likeness (QED) is 0.459. The van der Waals surface area contributed by atoms with Gasteiger partial charge in [0.25, 0.3) is 11.6 Å². The Hall–Kier alpha value is -2.55. The molecule has 26 heavy (non-hydrogen) atoms. The summed E-state index contributed by atoms with van der Waals surface area (Å²) in [7, 11) is 3.05. The molecule has 1 aliphatic rings. The van der Waals surface area contributed by atoms with Crippen molar-refractivity contribution >= 4 is 34.2 Å². The van der Waals surface area contributed by atoms with Gasteiger partial charge in [-0.3, -0.25) is 14.9 Å². The second-order valence-electron chi connectivity index (χ2n) is 6.19. The van der Waals surface area contributed by atoms with Crippen molar-refractivity contribution < 1.29 is 19.2 Å². The normalized spacial score (nSPS) is 17.7. The van der Waals surface area contributed by atoms with E-state index in [4.69, 9.17) is 4.74 Å². The SMILES string of the molecule is COC(=O)C(NC(=O)C1SC(c2ccc([N+](=O)[O-])cc2)=CN1C)C(C)C. The number of rotatable bonds is 6.